The maximum Gasteiger partial charge on any atom is 0.260 e. The van der Waals surface area contributed by atoms with E-state index in [2.05, 4.69) is 0 Å². The van der Waals surface area contributed by atoms with Crippen LogP contribution in [0.3, 0.4) is 0 Å². The lowest BCUT2D eigenvalue weighted by molar-refractivity contribution is -0.132. The average Bonchev–Trinajstić information content (AvgIpc) is 2.97. The number of benzene rings is 1. The summed E-state index contributed by atoms with van der Waals surface area (Å²) in [6.07, 6.45) is 0. The number of hydrogen-bond donors (Lipinski definition) is 0. The van der Waals surface area contributed by atoms with Gasteiger partial charge in [0.05, 0.1) is 0 Å². The molecule has 110 valence electrons. The zero-order valence-electron chi connectivity index (χ0n) is 12.0. The van der Waals surface area contributed by atoms with E-state index in [1.807, 2.05) is 16.8 Å². The summed E-state index contributed by atoms with van der Waals surface area (Å²) in [5.41, 5.74) is 1.68. The van der Waals surface area contributed by atoms with E-state index >= 15 is 0 Å². The highest BCUT2D eigenvalue weighted by molar-refractivity contribution is 7.07. The molecule has 0 aliphatic rings. The van der Waals surface area contributed by atoms with Crippen molar-refractivity contribution in [1.82, 2.24) is 4.90 Å². The normalized spacial score (nSPS) is 10.2. The smallest absolute Gasteiger partial charge is 0.260 e. The molecule has 0 bridgehead atoms. The Labute approximate surface area is 128 Å². The summed E-state index contributed by atoms with van der Waals surface area (Å²) < 4.78 is 5.46. The molecule has 0 fully saturated rings. The molecule has 0 atom stereocenters. The molecule has 0 saturated carbocycles. The molecule has 0 aliphatic heterocycles. The van der Waals surface area contributed by atoms with E-state index < -0.39 is 0 Å². The largest absolute Gasteiger partial charge is 0.484 e. The molecule has 0 saturated heterocycles. The monoisotopic (exact) mass is 303 g/mol. The summed E-state index contributed by atoms with van der Waals surface area (Å²) in [6.45, 7) is 2.03. The van der Waals surface area contributed by atoms with Crippen molar-refractivity contribution >= 4 is 23.0 Å². The van der Waals surface area contributed by atoms with Crippen molar-refractivity contribution in [2.45, 2.75) is 13.5 Å². The minimum atomic E-state index is -0.102. The standard InChI is InChI=1S/C16H17NO3S/c1-12(18)14-4-3-5-15(8-14)20-10-16(19)17(2)9-13-6-7-21-11-13/h3-8,11H,9-10H2,1-2H3. The van der Waals surface area contributed by atoms with Crippen molar-refractivity contribution in [3.8, 4) is 5.75 Å². The van der Waals surface area contributed by atoms with Gasteiger partial charge in [-0.1, -0.05) is 12.1 Å². The number of likely N-dealkylation sites (N-methyl/N-ethyl adjacent to an activating group) is 1. The number of carbonyl (C=O) groups excluding carboxylic acids is 2. The van der Waals surface area contributed by atoms with Crippen LogP contribution in [0.2, 0.25) is 0 Å². The number of amides is 1. The first-order valence-corrected chi connectivity index (χ1v) is 7.49. The molecule has 1 aromatic carbocycles. The molecule has 4 nitrogen and oxygen atoms in total. The highest BCUT2D eigenvalue weighted by Crippen LogP contribution is 2.14. The summed E-state index contributed by atoms with van der Waals surface area (Å²) in [4.78, 5) is 24.9. The van der Waals surface area contributed by atoms with Gasteiger partial charge in [0.25, 0.3) is 5.91 Å². The Morgan fingerprint density at radius 1 is 1.29 bits per heavy atom. The van der Waals surface area contributed by atoms with Gasteiger partial charge >= 0.3 is 0 Å². The molecule has 5 heteroatoms. The van der Waals surface area contributed by atoms with Crippen LogP contribution in [-0.4, -0.2) is 30.2 Å². The maximum atomic E-state index is 12.0. The zero-order valence-corrected chi connectivity index (χ0v) is 12.9. The van der Waals surface area contributed by atoms with Gasteiger partial charge in [-0.3, -0.25) is 9.59 Å². The molecule has 0 aliphatic carbocycles. The van der Waals surface area contributed by atoms with E-state index in [1.165, 1.54) is 6.92 Å². The van der Waals surface area contributed by atoms with E-state index in [9.17, 15) is 9.59 Å². The van der Waals surface area contributed by atoms with Crippen molar-refractivity contribution in [2.75, 3.05) is 13.7 Å². The third-order valence-electron chi connectivity index (χ3n) is 3.03. The molecule has 0 N–H and O–H groups in total. The second-order valence-electron chi connectivity index (χ2n) is 4.75. The lowest BCUT2D eigenvalue weighted by atomic mass is 10.1. The molecule has 1 aromatic heterocycles. The third kappa shape index (κ3) is 4.43. The third-order valence-corrected chi connectivity index (χ3v) is 3.76. The number of thiophene rings is 1. The molecule has 2 aromatic rings. The molecule has 0 spiro atoms. The van der Waals surface area contributed by atoms with Gasteiger partial charge in [0.1, 0.15) is 5.75 Å². The molecule has 2 rings (SSSR count). The fraction of sp³-hybridized carbons (Fsp3) is 0.250. The average molecular weight is 303 g/mol. The van der Waals surface area contributed by atoms with E-state index in [1.54, 1.807) is 47.5 Å². The Bertz CT molecular complexity index is 622. The molecule has 1 amide bonds. The van der Waals surface area contributed by atoms with Crippen LogP contribution < -0.4 is 4.74 Å². The number of carbonyl (C=O) groups is 2. The maximum absolute atomic E-state index is 12.0. The quantitative estimate of drug-likeness (QED) is 0.771. The molecule has 1 heterocycles. The Hall–Kier alpha value is -2.14. The van der Waals surface area contributed by atoms with Gasteiger partial charge in [-0.25, -0.2) is 0 Å². The number of ketones is 1. The number of rotatable bonds is 6. The number of nitrogens with zero attached hydrogens (tertiary/aromatic N) is 1. The van der Waals surface area contributed by atoms with Crippen LogP contribution in [-0.2, 0) is 11.3 Å². The first-order chi connectivity index (χ1) is 10.1. The molecule has 0 radical (unpaired) electrons. The van der Waals surface area contributed by atoms with Crippen LogP contribution in [0, 0.1) is 0 Å². The van der Waals surface area contributed by atoms with Crippen molar-refractivity contribution < 1.29 is 14.3 Å². The predicted molar refractivity (Wildman–Crippen MR) is 82.7 cm³/mol. The van der Waals surface area contributed by atoms with E-state index in [4.69, 9.17) is 4.74 Å². The SMILES string of the molecule is CC(=O)c1cccc(OCC(=O)N(C)Cc2ccsc2)c1. The van der Waals surface area contributed by atoms with Gasteiger partial charge in [-0.05, 0) is 41.4 Å². The van der Waals surface area contributed by atoms with Gasteiger partial charge in [0.2, 0.25) is 0 Å². The minimum absolute atomic E-state index is 0.0265. The summed E-state index contributed by atoms with van der Waals surface area (Å²) in [5.74, 6) is 0.399. The van der Waals surface area contributed by atoms with Gasteiger partial charge in [-0.2, -0.15) is 11.3 Å². The second-order valence-corrected chi connectivity index (χ2v) is 5.53. The number of Topliss-reactive ketones (excluding diaryl/α,β-unsaturated/α-hetero) is 1. The number of ether oxygens (including phenoxy) is 1. The fourth-order valence-electron chi connectivity index (χ4n) is 1.80. The van der Waals surface area contributed by atoms with Gasteiger partial charge in [0, 0.05) is 19.2 Å². The van der Waals surface area contributed by atoms with Gasteiger partial charge < -0.3 is 9.64 Å². The Balaban J connectivity index is 1.88. The second kappa shape index (κ2) is 7.04. The molecule has 0 unspecified atom stereocenters. The Morgan fingerprint density at radius 2 is 2.10 bits per heavy atom. The lowest BCUT2D eigenvalue weighted by Crippen LogP contribution is -2.30. The van der Waals surface area contributed by atoms with Crippen LogP contribution in [0.25, 0.3) is 0 Å². The first kappa shape index (κ1) is 15.3. The van der Waals surface area contributed by atoms with Crippen LogP contribution >= 0.6 is 11.3 Å². The summed E-state index contributed by atoms with van der Waals surface area (Å²) in [5, 5.41) is 4.00. The van der Waals surface area contributed by atoms with Gasteiger partial charge in [0.15, 0.2) is 12.4 Å². The molecular weight excluding hydrogens is 286 g/mol. The highest BCUT2D eigenvalue weighted by Gasteiger charge is 2.11. The van der Waals surface area contributed by atoms with Crippen molar-refractivity contribution in [3.63, 3.8) is 0 Å². The Kier molecular flexibility index (Phi) is 5.11. The molecular formula is C16H17NO3S. The summed E-state index contributed by atoms with van der Waals surface area (Å²) >= 11 is 1.61. The van der Waals surface area contributed by atoms with E-state index in [0.29, 0.717) is 17.9 Å². The Morgan fingerprint density at radius 3 is 2.76 bits per heavy atom. The van der Waals surface area contributed by atoms with Crippen molar-refractivity contribution in [3.05, 3.63) is 52.2 Å². The summed E-state index contributed by atoms with van der Waals surface area (Å²) in [7, 11) is 1.75. The van der Waals surface area contributed by atoms with Crippen LogP contribution in [0.5, 0.6) is 5.75 Å². The fourth-order valence-corrected chi connectivity index (χ4v) is 2.46. The van der Waals surface area contributed by atoms with Crippen LogP contribution in [0.15, 0.2) is 41.1 Å². The highest BCUT2D eigenvalue weighted by atomic mass is 32.1. The van der Waals surface area contributed by atoms with Gasteiger partial charge in [-0.15, -0.1) is 0 Å². The topological polar surface area (TPSA) is 46.6 Å². The van der Waals surface area contributed by atoms with Crippen LogP contribution in [0.4, 0.5) is 0 Å². The molecule has 21 heavy (non-hydrogen) atoms. The van der Waals surface area contributed by atoms with Crippen LogP contribution in [0.1, 0.15) is 22.8 Å². The lowest BCUT2D eigenvalue weighted by Gasteiger charge is -2.17. The summed E-state index contributed by atoms with van der Waals surface area (Å²) in [6, 6.07) is 8.84. The predicted octanol–water partition coefficient (Wildman–Crippen LogP) is 2.99. The zero-order chi connectivity index (χ0) is 15.2. The minimum Gasteiger partial charge on any atom is -0.484 e. The van der Waals surface area contributed by atoms with E-state index in [0.717, 1.165) is 5.56 Å². The first-order valence-electron chi connectivity index (χ1n) is 6.55. The van der Waals surface area contributed by atoms with Crippen molar-refractivity contribution in [2.24, 2.45) is 0 Å². The number of hydrogen-bond acceptors (Lipinski definition) is 4. The van der Waals surface area contributed by atoms with Crippen molar-refractivity contribution in [1.29, 1.82) is 0 Å². The van der Waals surface area contributed by atoms with E-state index in [-0.39, 0.29) is 18.3 Å².